The predicted molar refractivity (Wildman–Crippen MR) is 92.0 cm³/mol. The zero-order chi connectivity index (χ0) is 17.4. The standard InChI is InChI=1S/C13H28NO5P.C2H6.H2/c1-5-18-20(16,17-4)19-11-9-7-6-8-10-14-13(15)12(2)3;1-2;/h12H,5-11H2,1-4H3,(H,14,15);1-2H3;1H. The molecule has 0 saturated carbocycles. The molecule has 0 aromatic rings. The summed E-state index contributed by atoms with van der Waals surface area (Å²) in [4.78, 5) is 11.3. The summed E-state index contributed by atoms with van der Waals surface area (Å²) < 4.78 is 26.6. The molecule has 0 saturated heterocycles. The lowest BCUT2D eigenvalue weighted by atomic mass is 10.2. The third-order valence-corrected chi connectivity index (χ3v) is 4.18. The predicted octanol–water partition coefficient (Wildman–Crippen LogP) is 4.40. The number of unbranched alkanes of at least 4 members (excludes halogenated alkanes) is 3. The van der Waals surface area contributed by atoms with Crippen molar-refractivity contribution in [1.29, 1.82) is 0 Å². The van der Waals surface area contributed by atoms with Crippen LogP contribution in [0.25, 0.3) is 0 Å². The molecule has 1 N–H and O–H groups in total. The van der Waals surface area contributed by atoms with Gasteiger partial charge in [-0.1, -0.05) is 40.5 Å². The van der Waals surface area contributed by atoms with Crippen LogP contribution in [-0.2, 0) is 22.9 Å². The normalized spacial score (nSPS) is 13.2. The van der Waals surface area contributed by atoms with Crippen molar-refractivity contribution in [2.75, 3.05) is 26.9 Å². The van der Waals surface area contributed by atoms with Gasteiger partial charge < -0.3 is 5.32 Å². The van der Waals surface area contributed by atoms with E-state index < -0.39 is 7.82 Å². The maximum Gasteiger partial charge on any atom is 0.474 e. The van der Waals surface area contributed by atoms with Crippen molar-refractivity contribution in [2.45, 2.75) is 60.3 Å². The van der Waals surface area contributed by atoms with E-state index in [9.17, 15) is 9.36 Å². The number of carbonyl (C=O) groups is 1. The zero-order valence-corrected chi connectivity index (χ0v) is 15.9. The van der Waals surface area contributed by atoms with E-state index in [-0.39, 0.29) is 13.3 Å². The number of rotatable bonds is 12. The lowest BCUT2D eigenvalue weighted by Crippen LogP contribution is -2.28. The van der Waals surface area contributed by atoms with Crippen molar-refractivity contribution in [3.8, 4) is 0 Å². The lowest BCUT2D eigenvalue weighted by Gasteiger charge is -2.14. The second-order valence-electron chi connectivity index (χ2n) is 4.74. The Kier molecular flexibility index (Phi) is 16.8. The van der Waals surface area contributed by atoms with E-state index in [2.05, 4.69) is 5.32 Å². The Labute approximate surface area is 137 Å². The van der Waals surface area contributed by atoms with E-state index in [1.807, 2.05) is 27.7 Å². The van der Waals surface area contributed by atoms with Gasteiger partial charge in [-0.2, -0.15) is 0 Å². The smallest absolute Gasteiger partial charge is 0.356 e. The topological polar surface area (TPSA) is 73.9 Å². The van der Waals surface area contributed by atoms with E-state index >= 15 is 0 Å². The van der Waals surface area contributed by atoms with Crippen LogP contribution in [0.5, 0.6) is 0 Å². The largest absolute Gasteiger partial charge is 0.474 e. The first-order chi connectivity index (χ1) is 10.4. The number of phosphoric ester groups is 1. The fourth-order valence-corrected chi connectivity index (χ4v) is 2.43. The second-order valence-corrected chi connectivity index (χ2v) is 6.52. The minimum atomic E-state index is -3.34. The van der Waals surface area contributed by atoms with Crippen LogP contribution in [0.1, 0.15) is 61.7 Å². The van der Waals surface area contributed by atoms with Gasteiger partial charge in [0, 0.05) is 21.0 Å². The molecule has 0 aromatic heterocycles. The zero-order valence-electron chi connectivity index (χ0n) is 15.0. The highest BCUT2D eigenvalue weighted by Gasteiger charge is 2.23. The number of amides is 1. The molecule has 0 bridgehead atoms. The first-order valence-electron chi connectivity index (χ1n) is 8.17. The van der Waals surface area contributed by atoms with Gasteiger partial charge in [-0.25, -0.2) is 4.57 Å². The average molecular weight is 341 g/mol. The summed E-state index contributed by atoms with van der Waals surface area (Å²) in [5.41, 5.74) is 0. The van der Waals surface area contributed by atoms with Crippen molar-refractivity contribution >= 4 is 13.7 Å². The molecule has 1 atom stereocenters. The highest BCUT2D eigenvalue weighted by atomic mass is 31.2. The summed E-state index contributed by atoms with van der Waals surface area (Å²) in [7, 11) is -2.03. The summed E-state index contributed by atoms with van der Waals surface area (Å²) >= 11 is 0. The summed E-state index contributed by atoms with van der Waals surface area (Å²) in [6.45, 7) is 10.8. The molecule has 0 aliphatic heterocycles. The number of hydrogen-bond donors (Lipinski definition) is 1. The molecule has 0 heterocycles. The van der Waals surface area contributed by atoms with Crippen LogP contribution >= 0.6 is 7.82 Å². The van der Waals surface area contributed by atoms with E-state index in [0.717, 1.165) is 25.7 Å². The quantitative estimate of drug-likeness (QED) is 0.421. The minimum absolute atomic E-state index is 0. The summed E-state index contributed by atoms with van der Waals surface area (Å²) in [6, 6.07) is 0. The van der Waals surface area contributed by atoms with Gasteiger partial charge in [0.05, 0.1) is 13.2 Å². The molecule has 0 aliphatic carbocycles. The van der Waals surface area contributed by atoms with Gasteiger partial charge in [-0.15, -0.1) is 0 Å². The van der Waals surface area contributed by atoms with Crippen LogP contribution in [0, 0.1) is 5.92 Å². The molecule has 0 fully saturated rings. The molecule has 6 nitrogen and oxygen atoms in total. The SMILES string of the molecule is CC.CCOP(=O)(OC)OCCCCCCNC(=O)C(C)C.[HH]. The van der Waals surface area contributed by atoms with Crippen molar-refractivity contribution < 1.29 is 24.4 Å². The highest BCUT2D eigenvalue weighted by Crippen LogP contribution is 2.48. The average Bonchev–Trinajstić information content (AvgIpc) is 2.51. The van der Waals surface area contributed by atoms with E-state index in [4.69, 9.17) is 13.6 Å². The van der Waals surface area contributed by atoms with Gasteiger partial charge in [-0.3, -0.25) is 18.4 Å². The fourth-order valence-electron chi connectivity index (χ4n) is 1.47. The third-order valence-electron chi connectivity index (χ3n) is 2.65. The Balaban J connectivity index is -0.00000128. The summed E-state index contributed by atoms with van der Waals surface area (Å²) in [5, 5.41) is 2.87. The first-order valence-corrected chi connectivity index (χ1v) is 9.63. The Bertz CT molecular complexity index is 316. The Hall–Kier alpha value is -0.420. The Morgan fingerprint density at radius 2 is 1.73 bits per heavy atom. The minimum Gasteiger partial charge on any atom is -0.356 e. The van der Waals surface area contributed by atoms with Gasteiger partial charge >= 0.3 is 7.82 Å². The van der Waals surface area contributed by atoms with Gasteiger partial charge in [-0.05, 0) is 19.8 Å². The van der Waals surface area contributed by atoms with Crippen molar-refractivity contribution in [3.05, 3.63) is 0 Å². The third kappa shape index (κ3) is 13.3. The van der Waals surface area contributed by atoms with Crippen LogP contribution in [0.3, 0.4) is 0 Å². The maximum atomic E-state index is 11.7. The molecular formula is C15H36NO5P. The van der Waals surface area contributed by atoms with E-state index in [1.165, 1.54) is 7.11 Å². The van der Waals surface area contributed by atoms with Crippen molar-refractivity contribution in [3.63, 3.8) is 0 Å². The molecule has 1 unspecified atom stereocenters. The summed E-state index contributed by atoms with van der Waals surface area (Å²) in [6.07, 6.45) is 3.67. The van der Waals surface area contributed by atoms with Gasteiger partial charge in [0.25, 0.3) is 0 Å². The second kappa shape index (κ2) is 15.5. The van der Waals surface area contributed by atoms with E-state index in [1.54, 1.807) is 6.92 Å². The Morgan fingerprint density at radius 3 is 2.23 bits per heavy atom. The number of phosphoric acid groups is 1. The molecular weight excluding hydrogens is 305 g/mol. The van der Waals surface area contributed by atoms with Crippen molar-refractivity contribution in [1.82, 2.24) is 5.32 Å². The maximum absolute atomic E-state index is 11.7. The van der Waals surface area contributed by atoms with Crippen LogP contribution in [0.4, 0.5) is 0 Å². The van der Waals surface area contributed by atoms with Crippen molar-refractivity contribution in [2.24, 2.45) is 5.92 Å². The monoisotopic (exact) mass is 341 g/mol. The number of carbonyl (C=O) groups excluding carboxylic acids is 1. The number of nitrogens with one attached hydrogen (secondary N) is 1. The van der Waals surface area contributed by atoms with Gasteiger partial charge in [0.15, 0.2) is 0 Å². The van der Waals surface area contributed by atoms with Crippen LogP contribution < -0.4 is 5.32 Å². The molecule has 22 heavy (non-hydrogen) atoms. The first kappa shape index (κ1) is 23.8. The molecule has 1 amide bonds. The molecule has 7 heteroatoms. The molecule has 0 spiro atoms. The summed E-state index contributed by atoms with van der Waals surface area (Å²) in [5.74, 6) is 0.122. The molecule has 0 aromatic carbocycles. The van der Waals surface area contributed by atoms with Crippen LogP contribution in [0.15, 0.2) is 0 Å². The Morgan fingerprint density at radius 1 is 1.14 bits per heavy atom. The van der Waals surface area contributed by atoms with Gasteiger partial charge in [0.1, 0.15) is 0 Å². The number of hydrogen-bond acceptors (Lipinski definition) is 5. The highest BCUT2D eigenvalue weighted by molar-refractivity contribution is 7.48. The lowest BCUT2D eigenvalue weighted by molar-refractivity contribution is -0.123. The molecule has 0 aliphatic rings. The molecule has 0 radical (unpaired) electrons. The van der Waals surface area contributed by atoms with Gasteiger partial charge in [0.2, 0.25) is 5.91 Å². The molecule has 0 rings (SSSR count). The van der Waals surface area contributed by atoms with E-state index in [0.29, 0.717) is 19.8 Å². The molecule has 136 valence electrons. The van der Waals surface area contributed by atoms with Crippen LogP contribution in [-0.4, -0.2) is 32.8 Å². The van der Waals surface area contributed by atoms with Crippen LogP contribution in [0.2, 0.25) is 0 Å². The fraction of sp³-hybridized carbons (Fsp3) is 0.933.